The zero-order valence-corrected chi connectivity index (χ0v) is 27.0. The van der Waals surface area contributed by atoms with Crippen molar-refractivity contribution in [1.82, 2.24) is 24.6 Å². The second-order valence-electron chi connectivity index (χ2n) is 10.4. The number of oxime groups is 1. The van der Waals surface area contributed by atoms with Crippen molar-refractivity contribution in [2.45, 2.75) is 17.5 Å². The number of fused-ring (bicyclic) bond motifs is 1. The quantitative estimate of drug-likeness (QED) is 0.0556. The van der Waals surface area contributed by atoms with Gasteiger partial charge in [-0.2, -0.15) is 9.36 Å². The van der Waals surface area contributed by atoms with E-state index >= 15 is 0 Å². The fraction of sp³-hybridized carbons (Fsp3) is 0.147. The number of rotatable bonds is 12. The normalized spacial score (nSPS) is 17.6. The van der Waals surface area contributed by atoms with Gasteiger partial charge in [0.05, 0.1) is 0 Å². The number of β-lactam (4-membered cyclic amide) rings is 1. The first-order chi connectivity index (χ1) is 23.4. The van der Waals surface area contributed by atoms with Crippen molar-refractivity contribution < 1.29 is 24.0 Å². The number of hydrogen-bond donors (Lipinski definition) is 2. The predicted octanol–water partition coefficient (Wildman–Crippen LogP) is 4.12. The average molecular weight is 680 g/mol. The summed E-state index contributed by atoms with van der Waals surface area (Å²) in [7, 11) is 0. The first-order valence-electron chi connectivity index (χ1n) is 14.7. The van der Waals surface area contributed by atoms with Crippen LogP contribution >= 0.6 is 23.3 Å². The number of hydrogen-bond acceptors (Lipinski definition) is 12. The molecule has 1 fully saturated rings. The summed E-state index contributed by atoms with van der Waals surface area (Å²) >= 11 is 2.29. The van der Waals surface area contributed by atoms with Gasteiger partial charge in [0, 0.05) is 29.7 Å². The standard InChI is InChI=1S/C34H29N7O5S2/c1-2-18-45-39-25(29-38-34(35)48-40-29)30(42)37-26-31(43)41-27(24(20-47-32(26)41)16-15-21-10-9-17-36-19-21)33(44)46-28(22-11-5-3-6-12-22)23-13-7-4-8-14-23/h2-17,19,26,28,32H,1,18,20H2,(H,37,42)(H2,35,38,40)/t26?,32-/m0/s1. The van der Waals surface area contributed by atoms with Gasteiger partial charge in [0.2, 0.25) is 11.5 Å². The van der Waals surface area contributed by atoms with Gasteiger partial charge in [0.1, 0.15) is 23.7 Å². The molecule has 2 aromatic heterocycles. The minimum Gasteiger partial charge on any atom is -0.448 e. The van der Waals surface area contributed by atoms with E-state index in [4.69, 9.17) is 15.3 Å². The number of carbonyl (C=O) groups excluding carboxylic acids is 3. The van der Waals surface area contributed by atoms with E-state index in [9.17, 15) is 14.4 Å². The number of anilines is 1. The number of carbonyl (C=O) groups is 3. The Balaban J connectivity index is 1.30. The number of ether oxygens (including phenoxy) is 1. The molecule has 4 heterocycles. The van der Waals surface area contributed by atoms with Crippen molar-refractivity contribution >= 4 is 58.0 Å². The van der Waals surface area contributed by atoms with Crippen LogP contribution in [0.2, 0.25) is 0 Å². The molecule has 2 aliphatic rings. The molecule has 1 saturated heterocycles. The van der Waals surface area contributed by atoms with E-state index in [1.165, 1.54) is 22.7 Å². The van der Waals surface area contributed by atoms with Crippen LogP contribution in [0.5, 0.6) is 0 Å². The Morgan fingerprint density at radius 3 is 2.44 bits per heavy atom. The molecule has 0 aliphatic carbocycles. The van der Waals surface area contributed by atoms with Gasteiger partial charge in [-0.05, 0) is 28.3 Å². The molecule has 242 valence electrons. The largest absolute Gasteiger partial charge is 0.448 e. The zero-order valence-electron chi connectivity index (χ0n) is 25.3. The number of amides is 2. The van der Waals surface area contributed by atoms with Crippen LogP contribution in [0.15, 0.2) is 120 Å². The second-order valence-corrected chi connectivity index (χ2v) is 12.3. The maximum atomic E-state index is 14.2. The van der Waals surface area contributed by atoms with E-state index in [2.05, 4.69) is 31.4 Å². The van der Waals surface area contributed by atoms with E-state index < -0.39 is 35.3 Å². The molecule has 3 N–H and O–H groups in total. The summed E-state index contributed by atoms with van der Waals surface area (Å²) in [6.45, 7) is 3.60. The van der Waals surface area contributed by atoms with Crippen LogP contribution in [0.3, 0.4) is 0 Å². The molecule has 2 aliphatic heterocycles. The highest BCUT2D eigenvalue weighted by molar-refractivity contribution is 8.00. The van der Waals surface area contributed by atoms with Crippen molar-refractivity contribution in [2.75, 3.05) is 18.1 Å². The summed E-state index contributed by atoms with van der Waals surface area (Å²) in [6.07, 6.45) is 7.70. The number of esters is 1. The lowest BCUT2D eigenvalue weighted by atomic mass is 10.00. The SMILES string of the molecule is C=CCON=C(C(=O)NC1C(=O)N2C(C(=O)OC(c3ccccc3)c3ccccc3)=C(C=Cc3cccnc3)CS[C@@H]12)c1nsc(N)n1. The van der Waals surface area contributed by atoms with Gasteiger partial charge < -0.3 is 20.6 Å². The van der Waals surface area contributed by atoms with Crippen LogP contribution in [0.25, 0.3) is 6.08 Å². The van der Waals surface area contributed by atoms with E-state index in [1.807, 2.05) is 72.8 Å². The fourth-order valence-electron chi connectivity index (χ4n) is 5.06. The van der Waals surface area contributed by atoms with Crippen molar-refractivity contribution in [3.05, 3.63) is 138 Å². The molecule has 4 aromatic rings. The lowest BCUT2D eigenvalue weighted by molar-refractivity contribution is -0.154. The van der Waals surface area contributed by atoms with Crippen molar-refractivity contribution in [1.29, 1.82) is 0 Å². The van der Waals surface area contributed by atoms with Gasteiger partial charge in [-0.25, -0.2) is 4.79 Å². The first kappa shape index (κ1) is 32.3. The summed E-state index contributed by atoms with van der Waals surface area (Å²) < 4.78 is 10.3. The van der Waals surface area contributed by atoms with Crippen LogP contribution in [0.1, 0.15) is 28.6 Å². The van der Waals surface area contributed by atoms with Gasteiger partial charge in [0.25, 0.3) is 11.8 Å². The first-order valence-corrected chi connectivity index (χ1v) is 16.5. The Morgan fingerprint density at radius 2 is 1.81 bits per heavy atom. The predicted molar refractivity (Wildman–Crippen MR) is 183 cm³/mol. The zero-order chi connectivity index (χ0) is 33.5. The minimum atomic E-state index is -0.978. The molecule has 48 heavy (non-hydrogen) atoms. The number of allylic oxidation sites excluding steroid dienone is 1. The molecule has 1 unspecified atom stereocenters. The third-order valence-corrected chi connectivity index (χ3v) is 9.13. The molecule has 14 heteroatoms. The van der Waals surface area contributed by atoms with E-state index in [1.54, 1.807) is 24.5 Å². The second kappa shape index (κ2) is 14.9. The average Bonchev–Trinajstić information content (AvgIpc) is 3.56. The smallest absolute Gasteiger partial charge is 0.356 e. The summed E-state index contributed by atoms with van der Waals surface area (Å²) in [5.74, 6) is -1.59. The van der Waals surface area contributed by atoms with Crippen LogP contribution < -0.4 is 11.1 Å². The maximum absolute atomic E-state index is 14.2. The van der Waals surface area contributed by atoms with Crippen molar-refractivity contribution in [2.24, 2.45) is 5.16 Å². The maximum Gasteiger partial charge on any atom is 0.356 e. The van der Waals surface area contributed by atoms with E-state index in [0.29, 0.717) is 11.3 Å². The number of pyridine rings is 1. The highest BCUT2D eigenvalue weighted by Crippen LogP contribution is 2.42. The molecular weight excluding hydrogens is 651 g/mol. The van der Waals surface area contributed by atoms with E-state index in [-0.39, 0.29) is 29.0 Å². The molecule has 0 bridgehead atoms. The molecule has 2 aromatic carbocycles. The third-order valence-electron chi connectivity index (χ3n) is 7.29. The molecular formula is C34H29N7O5S2. The van der Waals surface area contributed by atoms with Crippen molar-refractivity contribution in [3.63, 3.8) is 0 Å². The van der Waals surface area contributed by atoms with Gasteiger partial charge >= 0.3 is 5.97 Å². The van der Waals surface area contributed by atoms with Gasteiger partial charge in [-0.3, -0.25) is 19.5 Å². The molecule has 2 atom stereocenters. The molecule has 0 saturated carbocycles. The number of benzene rings is 2. The summed E-state index contributed by atoms with van der Waals surface area (Å²) in [4.78, 5) is 56.1. The highest BCUT2D eigenvalue weighted by atomic mass is 32.2. The van der Waals surface area contributed by atoms with Gasteiger partial charge in [-0.15, -0.1) is 11.8 Å². The molecule has 2 amide bonds. The van der Waals surface area contributed by atoms with Crippen LogP contribution in [-0.2, 0) is 24.0 Å². The lowest BCUT2D eigenvalue weighted by Gasteiger charge is -2.49. The molecule has 12 nitrogen and oxygen atoms in total. The topological polar surface area (TPSA) is 162 Å². The highest BCUT2D eigenvalue weighted by Gasteiger charge is 2.54. The van der Waals surface area contributed by atoms with Crippen LogP contribution in [0.4, 0.5) is 5.13 Å². The Kier molecular flexibility index (Phi) is 10.0. The minimum absolute atomic E-state index is 0.0313. The third kappa shape index (κ3) is 7.04. The number of nitrogens with zero attached hydrogens (tertiary/aromatic N) is 5. The van der Waals surface area contributed by atoms with E-state index in [0.717, 1.165) is 28.2 Å². The van der Waals surface area contributed by atoms with Crippen molar-refractivity contribution in [3.8, 4) is 0 Å². The molecule has 0 spiro atoms. The Morgan fingerprint density at radius 1 is 1.08 bits per heavy atom. The monoisotopic (exact) mass is 679 g/mol. The van der Waals surface area contributed by atoms with Crippen LogP contribution in [-0.4, -0.2) is 66.5 Å². The Bertz CT molecular complexity index is 1860. The number of nitrogens with one attached hydrogen (secondary N) is 1. The molecule has 6 rings (SSSR count). The summed E-state index contributed by atoms with van der Waals surface area (Å²) in [6, 6.07) is 21.5. The number of thioether (sulfide) groups is 1. The summed E-state index contributed by atoms with van der Waals surface area (Å²) in [5, 5.41) is 6.12. The summed E-state index contributed by atoms with van der Waals surface area (Å²) in [5.41, 5.74) is 8.53. The number of nitrogen functional groups attached to an aromatic ring is 1. The van der Waals surface area contributed by atoms with Gasteiger partial charge in [0.15, 0.2) is 11.2 Å². The number of aromatic nitrogens is 3. The lowest BCUT2D eigenvalue weighted by Crippen LogP contribution is -2.71. The van der Waals surface area contributed by atoms with Crippen LogP contribution in [0, 0.1) is 0 Å². The Hall–Kier alpha value is -5.60. The molecule has 0 radical (unpaired) electrons. The fourth-order valence-corrected chi connectivity index (χ4v) is 6.81. The van der Waals surface area contributed by atoms with Gasteiger partial charge in [-0.1, -0.05) is 96.7 Å². The number of nitrogens with two attached hydrogens (primary N) is 1. The Labute approximate surface area is 284 Å².